The van der Waals surface area contributed by atoms with E-state index in [0.717, 1.165) is 22.6 Å². The lowest BCUT2D eigenvalue weighted by Crippen LogP contribution is -2.06. The molecule has 0 fully saturated rings. The van der Waals surface area contributed by atoms with Crippen molar-refractivity contribution in [2.75, 3.05) is 11.6 Å². The Labute approximate surface area is 136 Å². The van der Waals surface area contributed by atoms with Crippen LogP contribution in [0.4, 0.5) is 18.9 Å². The summed E-state index contributed by atoms with van der Waals surface area (Å²) in [7, 11) is 0. The molecule has 120 valence electrons. The van der Waals surface area contributed by atoms with Gasteiger partial charge in [-0.05, 0) is 42.2 Å². The van der Waals surface area contributed by atoms with E-state index in [0.29, 0.717) is 12.0 Å². The first-order valence-electron chi connectivity index (χ1n) is 6.68. The highest BCUT2D eigenvalue weighted by atomic mass is 32.2. The normalized spacial score (nSPS) is 12.1. The summed E-state index contributed by atoms with van der Waals surface area (Å²) in [5, 5.41) is 2.88. The van der Waals surface area contributed by atoms with Crippen molar-refractivity contribution in [3.05, 3.63) is 65.7 Å². The number of nitrogens with one attached hydrogen (secondary N) is 1. The van der Waals surface area contributed by atoms with Crippen molar-refractivity contribution < 1.29 is 18.0 Å². The van der Waals surface area contributed by atoms with Gasteiger partial charge in [-0.3, -0.25) is 4.79 Å². The number of rotatable bonds is 5. The fourth-order valence-corrected chi connectivity index (χ4v) is 2.46. The van der Waals surface area contributed by atoms with Gasteiger partial charge in [0.25, 0.3) is 0 Å². The van der Waals surface area contributed by atoms with Gasteiger partial charge in [0, 0.05) is 22.4 Å². The molecule has 0 radical (unpaired) electrons. The molecule has 0 aliphatic rings. The first-order chi connectivity index (χ1) is 10.9. The smallest absolute Gasteiger partial charge is 0.355 e. The van der Waals surface area contributed by atoms with E-state index < -0.39 is 11.7 Å². The van der Waals surface area contributed by atoms with E-state index in [1.807, 2.05) is 24.5 Å². The molecule has 0 aromatic heterocycles. The Morgan fingerprint density at radius 2 is 1.87 bits per heavy atom. The van der Waals surface area contributed by atoms with E-state index in [1.54, 1.807) is 6.07 Å². The topological polar surface area (TPSA) is 29.1 Å². The maximum absolute atomic E-state index is 12.8. The van der Waals surface area contributed by atoms with Gasteiger partial charge in [0.15, 0.2) is 0 Å². The second kappa shape index (κ2) is 7.37. The SMILES string of the molecule is CSc1cccc(C(=CC=O)Nc2cccc(C(F)(F)F)c2)c1. The lowest BCUT2D eigenvalue weighted by Gasteiger charge is -2.13. The number of carbonyl (C=O) groups is 1. The number of aldehydes is 1. The molecule has 0 bridgehead atoms. The van der Waals surface area contributed by atoms with Crippen LogP contribution in [0.25, 0.3) is 5.70 Å². The molecule has 0 saturated heterocycles. The predicted octanol–water partition coefficient (Wildman–Crippen LogP) is 5.08. The standard InChI is InChI=1S/C17H14F3NOS/c1-23-15-7-2-4-12(10-15)16(8-9-22)21-14-6-3-5-13(11-14)17(18,19)20/h2-11,21H,1H3. The average Bonchev–Trinajstić information content (AvgIpc) is 2.54. The molecule has 2 nitrogen and oxygen atoms in total. The van der Waals surface area contributed by atoms with Gasteiger partial charge in [-0.15, -0.1) is 11.8 Å². The number of carbonyl (C=O) groups excluding carboxylic acids is 1. The van der Waals surface area contributed by atoms with Crippen molar-refractivity contribution in [2.45, 2.75) is 11.1 Å². The Balaban J connectivity index is 2.34. The van der Waals surface area contributed by atoms with Crippen LogP contribution < -0.4 is 5.32 Å². The second-order valence-corrected chi connectivity index (χ2v) is 5.53. The molecule has 0 saturated carbocycles. The van der Waals surface area contributed by atoms with Crippen LogP contribution >= 0.6 is 11.8 Å². The molecule has 0 unspecified atom stereocenters. The highest BCUT2D eigenvalue weighted by Crippen LogP contribution is 2.31. The van der Waals surface area contributed by atoms with Crippen LogP contribution in [0.5, 0.6) is 0 Å². The Hall–Kier alpha value is -2.21. The Morgan fingerprint density at radius 3 is 2.52 bits per heavy atom. The second-order valence-electron chi connectivity index (χ2n) is 4.65. The molecular formula is C17H14F3NOS. The Kier molecular flexibility index (Phi) is 5.50. The van der Waals surface area contributed by atoms with Gasteiger partial charge < -0.3 is 5.32 Å². The highest BCUT2D eigenvalue weighted by molar-refractivity contribution is 7.98. The maximum atomic E-state index is 12.8. The summed E-state index contributed by atoms with van der Waals surface area (Å²) in [5.74, 6) is 0. The quantitative estimate of drug-likeness (QED) is 0.469. The monoisotopic (exact) mass is 337 g/mol. The zero-order valence-electron chi connectivity index (χ0n) is 12.2. The molecule has 0 spiro atoms. The van der Waals surface area contributed by atoms with Gasteiger partial charge in [0.2, 0.25) is 0 Å². The number of hydrogen-bond acceptors (Lipinski definition) is 3. The molecule has 2 aromatic rings. The summed E-state index contributed by atoms with van der Waals surface area (Å²) in [6.07, 6.45) is -0.602. The predicted molar refractivity (Wildman–Crippen MR) is 87.3 cm³/mol. The van der Waals surface area contributed by atoms with E-state index in [9.17, 15) is 18.0 Å². The number of allylic oxidation sites excluding steroid dienone is 1. The van der Waals surface area contributed by atoms with Crippen LogP contribution in [0, 0.1) is 0 Å². The molecule has 2 aromatic carbocycles. The number of thioether (sulfide) groups is 1. The molecule has 2 rings (SSSR count). The lowest BCUT2D eigenvalue weighted by atomic mass is 10.1. The zero-order valence-corrected chi connectivity index (χ0v) is 13.0. The fraction of sp³-hybridized carbons (Fsp3) is 0.118. The largest absolute Gasteiger partial charge is 0.416 e. The van der Waals surface area contributed by atoms with Crippen molar-refractivity contribution in [3.8, 4) is 0 Å². The highest BCUT2D eigenvalue weighted by Gasteiger charge is 2.30. The van der Waals surface area contributed by atoms with E-state index >= 15 is 0 Å². The van der Waals surface area contributed by atoms with Crippen LogP contribution in [0.3, 0.4) is 0 Å². The molecule has 0 amide bonds. The number of benzene rings is 2. The Bertz CT molecular complexity index is 726. The van der Waals surface area contributed by atoms with Crippen molar-refractivity contribution in [1.82, 2.24) is 0 Å². The molecule has 6 heteroatoms. The minimum atomic E-state index is -4.41. The summed E-state index contributed by atoms with van der Waals surface area (Å²) in [6, 6.07) is 12.2. The lowest BCUT2D eigenvalue weighted by molar-refractivity contribution is -0.137. The molecule has 1 N–H and O–H groups in total. The van der Waals surface area contributed by atoms with E-state index in [2.05, 4.69) is 5.32 Å². The van der Waals surface area contributed by atoms with Crippen LogP contribution in [0.1, 0.15) is 11.1 Å². The van der Waals surface area contributed by atoms with Crippen LogP contribution in [0.15, 0.2) is 59.5 Å². The van der Waals surface area contributed by atoms with Crippen molar-refractivity contribution >= 4 is 29.4 Å². The molecule has 0 aliphatic carbocycles. The van der Waals surface area contributed by atoms with Crippen molar-refractivity contribution in [3.63, 3.8) is 0 Å². The van der Waals surface area contributed by atoms with Crippen molar-refractivity contribution in [2.24, 2.45) is 0 Å². The first-order valence-corrected chi connectivity index (χ1v) is 7.90. The zero-order chi connectivity index (χ0) is 16.9. The summed E-state index contributed by atoms with van der Waals surface area (Å²) < 4.78 is 38.3. The fourth-order valence-electron chi connectivity index (χ4n) is 2.00. The van der Waals surface area contributed by atoms with E-state index in [-0.39, 0.29) is 5.69 Å². The molecule has 0 atom stereocenters. The number of hydrogen-bond donors (Lipinski definition) is 1. The Morgan fingerprint density at radius 1 is 1.13 bits per heavy atom. The minimum absolute atomic E-state index is 0.266. The van der Waals surface area contributed by atoms with Gasteiger partial charge in [-0.25, -0.2) is 0 Å². The average molecular weight is 337 g/mol. The first kappa shape index (κ1) is 17.1. The van der Waals surface area contributed by atoms with Crippen LogP contribution in [-0.2, 0) is 11.0 Å². The van der Waals surface area contributed by atoms with Gasteiger partial charge in [0.1, 0.15) is 6.29 Å². The third-order valence-corrected chi connectivity index (χ3v) is 3.81. The molecule has 0 heterocycles. The summed E-state index contributed by atoms with van der Waals surface area (Å²) in [6.45, 7) is 0. The molecular weight excluding hydrogens is 323 g/mol. The van der Waals surface area contributed by atoms with Gasteiger partial charge in [-0.2, -0.15) is 13.2 Å². The number of alkyl halides is 3. The minimum Gasteiger partial charge on any atom is -0.355 e. The van der Waals surface area contributed by atoms with Gasteiger partial charge in [-0.1, -0.05) is 18.2 Å². The maximum Gasteiger partial charge on any atom is 0.416 e. The molecule has 0 aliphatic heterocycles. The van der Waals surface area contributed by atoms with Gasteiger partial charge in [0.05, 0.1) is 5.56 Å². The van der Waals surface area contributed by atoms with E-state index in [1.165, 1.54) is 30.0 Å². The molecule has 23 heavy (non-hydrogen) atoms. The third kappa shape index (κ3) is 4.63. The van der Waals surface area contributed by atoms with E-state index in [4.69, 9.17) is 0 Å². The van der Waals surface area contributed by atoms with Gasteiger partial charge >= 0.3 is 6.18 Å². The number of anilines is 1. The van der Waals surface area contributed by atoms with Crippen LogP contribution in [0.2, 0.25) is 0 Å². The summed E-state index contributed by atoms with van der Waals surface area (Å²) in [4.78, 5) is 11.8. The third-order valence-electron chi connectivity index (χ3n) is 3.08. The summed E-state index contributed by atoms with van der Waals surface area (Å²) >= 11 is 1.54. The van der Waals surface area contributed by atoms with Crippen LogP contribution in [-0.4, -0.2) is 12.5 Å². The number of halogens is 3. The van der Waals surface area contributed by atoms with Crippen molar-refractivity contribution in [1.29, 1.82) is 0 Å². The summed E-state index contributed by atoms with van der Waals surface area (Å²) in [5.41, 5.74) is 0.685.